The minimum Gasteiger partial charge on any atom is -0.394 e. The molecule has 3 heteroatoms. The van der Waals surface area contributed by atoms with Crippen LogP contribution in [0.4, 0.5) is 0 Å². The molecule has 0 aromatic heterocycles. The lowest BCUT2D eigenvalue weighted by Crippen LogP contribution is -2.14. The molecular formula is C9H10N2O. The smallest absolute Gasteiger partial charge is 0.0991 e. The minimum absolute atomic E-state index is 0.102. The van der Waals surface area contributed by atoms with Crippen molar-refractivity contribution in [3.05, 3.63) is 35.4 Å². The van der Waals surface area contributed by atoms with E-state index in [1.54, 1.807) is 24.3 Å². The van der Waals surface area contributed by atoms with Gasteiger partial charge in [-0.05, 0) is 17.7 Å². The molecule has 1 rings (SSSR count). The van der Waals surface area contributed by atoms with Crippen molar-refractivity contribution in [2.24, 2.45) is 5.73 Å². The third-order valence-corrected chi connectivity index (χ3v) is 1.64. The first kappa shape index (κ1) is 8.72. The Kier molecular flexibility index (Phi) is 2.81. The average Bonchev–Trinajstić information content (AvgIpc) is 2.17. The molecule has 0 saturated heterocycles. The Bertz CT molecular complexity index is 304. The number of rotatable bonds is 2. The topological polar surface area (TPSA) is 70.0 Å². The maximum absolute atomic E-state index is 8.74. The van der Waals surface area contributed by atoms with Gasteiger partial charge in [-0.25, -0.2) is 0 Å². The molecule has 3 nitrogen and oxygen atoms in total. The minimum atomic E-state index is -0.390. The first-order valence-electron chi connectivity index (χ1n) is 3.64. The van der Waals surface area contributed by atoms with Gasteiger partial charge in [0.2, 0.25) is 0 Å². The number of hydrogen-bond donors (Lipinski definition) is 2. The van der Waals surface area contributed by atoms with Crippen molar-refractivity contribution in [1.82, 2.24) is 0 Å². The standard InChI is InChI=1S/C9H10N2O/c10-5-7-2-1-3-8(4-7)9(11)6-12/h1-4,9,12H,6,11H2/t9-/m1/s1. The predicted octanol–water partition coefficient (Wildman–Crippen LogP) is 0.550. The maximum Gasteiger partial charge on any atom is 0.0991 e. The summed E-state index contributed by atoms with van der Waals surface area (Å²) in [6.07, 6.45) is 0. The second kappa shape index (κ2) is 3.86. The fourth-order valence-corrected chi connectivity index (χ4v) is 0.944. The van der Waals surface area contributed by atoms with Gasteiger partial charge >= 0.3 is 0 Å². The maximum atomic E-state index is 8.74. The van der Waals surface area contributed by atoms with Gasteiger partial charge in [0.25, 0.3) is 0 Å². The van der Waals surface area contributed by atoms with Crippen LogP contribution in [0.3, 0.4) is 0 Å². The molecule has 62 valence electrons. The highest BCUT2D eigenvalue weighted by atomic mass is 16.3. The van der Waals surface area contributed by atoms with E-state index in [-0.39, 0.29) is 6.61 Å². The summed E-state index contributed by atoms with van der Waals surface area (Å²) in [4.78, 5) is 0. The van der Waals surface area contributed by atoms with Gasteiger partial charge in [0.15, 0.2) is 0 Å². The van der Waals surface area contributed by atoms with Gasteiger partial charge < -0.3 is 10.8 Å². The molecule has 0 spiro atoms. The summed E-state index contributed by atoms with van der Waals surface area (Å²) >= 11 is 0. The third kappa shape index (κ3) is 1.82. The first-order chi connectivity index (χ1) is 5.77. The molecule has 1 aromatic carbocycles. The fourth-order valence-electron chi connectivity index (χ4n) is 0.944. The molecule has 1 aromatic rings. The van der Waals surface area contributed by atoms with Crippen molar-refractivity contribution in [2.75, 3.05) is 6.61 Å². The van der Waals surface area contributed by atoms with Gasteiger partial charge in [0, 0.05) is 0 Å². The Balaban J connectivity index is 2.95. The van der Waals surface area contributed by atoms with E-state index in [1.165, 1.54) is 0 Å². The average molecular weight is 162 g/mol. The van der Waals surface area contributed by atoms with Crippen molar-refractivity contribution in [2.45, 2.75) is 6.04 Å². The number of benzene rings is 1. The van der Waals surface area contributed by atoms with Crippen LogP contribution in [0.1, 0.15) is 17.2 Å². The Morgan fingerprint density at radius 1 is 1.58 bits per heavy atom. The van der Waals surface area contributed by atoms with E-state index >= 15 is 0 Å². The van der Waals surface area contributed by atoms with Gasteiger partial charge in [0.1, 0.15) is 0 Å². The lowest BCUT2D eigenvalue weighted by Gasteiger charge is -2.07. The number of aliphatic hydroxyl groups is 1. The highest BCUT2D eigenvalue weighted by Gasteiger charge is 2.03. The molecule has 0 aliphatic rings. The molecular weight excluding hydrogens is 152 g/mol. The third-order valence-electron chi connectivity index (χ3n) is 1.64. The van der Waals surface area contributed by atoms with Crippen molar-refractivity contribution in [1.29, 1.82) is 5.26 Å². The van der Waals surface area contributed by atoms with E-state index in [9.17, 15) is 0 Å². The van der Waals surface area contributed by atoms with Gasteiger partial charge in [-0.2, -0.15) is 5.26 Å². The lowest BCUT2D eigenvalue weighted by molar-refractivity contribution is 0.268. The molecule has 0 radical (unpaired) electrons. The van der Waals surface area contributed by atoms with Crippen LogP contribution in [0, 0.1) is 11.3 Å². The molecule has 0 heterocycles. The summed E-state index contributed by atoms with van der Waals surface area (Å²) in [6.45, 7) is -0.102. The summed E-state index contributed by atoms with van der Waals surface area (Å²) < 4.78 is 0. The van der Waals surface area contributed by atoms with Crippen molar-refractivity contribution >= 4 is 0 Å². The molecule has 0 fully saturated rings. The van der Waals surface area contributed by atoms with E-state index in [4.69, 9.17) is 16.1 Å². The van der Waals surface area contributed by atoms with E-state index in [0.717, 1.165) is 5.56 Å². The SMILES string of the molecule is N#Cc1cccc([C@H](N)CO)c1. The fraction of sp³-hybridized carbons (Fsp3) is 0.222. The Hall–Kier alpha value is -1.37. The number of hydrogen-bond acceptors (Lipinski definition) is 3. The highest BCUT2D eigenvalue weighted by Crippen LogP contribution is 2.10. The molecule has 3 N–H and O–H groups in total. The van der Waals surface area contributed by atoms with Crippen LogP contribution in [0.15, 0.2) is 24.3 Å². The van der Waals surface area contributed by atoms with Crippen LogP contribution < -0.4 is 5.73 Å². The highest BCUT2D eigenvalue weighted by molar-refractivity contribution is 5.34. The Labute approximate surface area is 71.1 Å². The second-order valence-electron chi connectivity index (χ2n) is 2.53. The van der Waals surface area contributed by atoms with Crippen LogP contribution in [0.2, 0.25) is 0 Å². The van der Waals surface area contributed by atoms with E-state index in [2.05, 4.69) is 0 Å². The van der Waals surface area contributed by atoms with Gasteiger partial charge in [-0.15, -0.1) is 0 Å². The zero-order valence-corrected chi connectivity index (χ0v) is 6.57. The summed E-state index contributed by atoms with van der Waals surface area (Å²) in [5.74, 6) is 0. The van der Waals surface area contributed by atoms with Crippen LogP contribution in [-0.4, -0.2) is 11.7 Å². The molecule has 0 amide bonds. The van der Waals surface area contributed by atoms with E-state index in [1.807, 2.05) is 6.07 Å². The zero-order chi connectivity index (χ0) is 8.97. The van der Waals surface area contributed by atoms with E-state index < -0.39 is 6.04 Å². The van der Waals surface area contributed by atoms with Crippen molar-refractivity contribution < 1.29 is 5.11 Å². The summed E-state index contributed by atoms with van der Waals surface area (Å²) in [5.41, 5.74) is 6.91. The number of nitriles is 1. The lowest BCUT2D eigenvalue weighted by atomic mass is 10.1. The molecule has 0 bridgehead atoms. The number of aliphatic hydroxyl groups excluding tert-OH is 1. The molecule has 0 saturated carbocycles. The predicted molar refractivity (Wildman–Crippen MR) is 45.2 cm³/mol. The van der Waals surface area contributed by atoms with Crippen molar-refractivity contribution in [3.63, 3.8) is 0 Å². The molecule has 1 atom stereocenters. The second-order valence-corrected chi connectivity index (χ2v) is 2.53. The Morgan fingerprint density at radius 3 is 2.92 bits per heavy atom. The van der Waals surface area contributed by atoms with Gasteiger partial charge in [-0.3, -0.25) is 0 Å². The summed E-state index contributed by atoms with van der Waals surface area (Å²) in [7, 11) is 0. The van der Waals surface area contributed by atoms with Crippen LogP contribution in [0.5, 0.6) is 0 Å². The molecule has 0 aliphatic heterocycles. The molecule has 12 heavy (non-hydrogen) atoms. The molecule has 0 aliphatic carbocycles. The van der Waals surface area contributed by atoms with Gasteiger partial charge in [-0.1, -0.05) is 12.1 Å². The Morgan fingerprint density at radius 2 is 2.33 bits per heavy atom. The largest absolute Gasteiger partial charge is 0.394 e. The summed E-state index contributed by atoms with van der Waals surface area (Å²) in [5, 5.41) is 17.3. The van der Waals surface area contributed by atoms with E-state index in [0.29, 0.717) is 5.56 Å². The van der Waals surface area contributed by atoms with Gasteiger partial charge in [0.05, 0.1) is 24.3 Å². The zero-order valence-electron chi connectivity index (χ0n) is 6.57. The van der Waals surface area contributed by atoms with Crippen molar-refractivity contribution in [3.8, 4) is 6.07 Å². The quantitative estimate of drug-likeness (QED) is 0.667. The molecule has 0 unspecified atom stereocenters. The van der Waals surface area contributed by atoms with Crippen LogP contribution in [-0.2, 0) is 0 Å². The summed E-state index contributed by atoms with van der Waals surface area (Å²) in [6, 6.07) is 8.55. The van der Waals surface area contributed by atoms with Crippen LogP contribution in [0.25, 0.3) is 0 Å². The number of nitrogens with two attached hydrogens (primary N) is 1. The monoisotopic (exact) mass is 162 g/mol. The normalized spacial score (nSPS) is 12.1. The first-order valence-corrected chi connectivity index (χ1v) is 3.64. The van der Waals surface area contributed by atoms with Crippen LogP contribution >= 0.6 is 0 Å². The number of nitrogens with zero attached hydrogens (tertiary/aromatic N) is 1.